The molecule has 0 amide bonds. The summed E-state index contributed by atoms with van der Waals surface area (Å²) in [6.45, 7) is 8.81. The van der Waals surface area contributed by atoms with Crippen molar-refractivity contribution in [3.05, 3.63) is 82.6 Å². The lowest BCUT2D eigenvalue weighted by Gasteiger charge is -2.22. The molecule has 0 aliphatic carbocycles. The highest BCUT2D eigenvalue weighted by Crippen LogP contribution is 2.28. The second kappa shape index (κ2) is 7.46. The van der Waals surface area contributed by atoms with Crippen molar-refractivity contribution in [3.63, 3.8) is 0 Å². The molecule has 1 atom stereocenters. The Morgan fingerprint density at radius 1 is 0.913 bits per heavy atom. The van der Waals surface area contributed by atoms with Crippen LogP contribution in [0.25, 0.3) is 0 Å². The van der Waals surface area contributed by atoms with Gasteiger partial charge in [-0.2, -0.15) is 0 Å². The Morgan fingerprint density at radius 2 is 1.43 bits per heavy atom. The molecule has 118 valence electrons. The van der Waals surface area contributed by atoms with Gasteiger partial charge >= 0.3 is 0 Å². The number of allylic oxidation sites excluding steroid dienone is 1. The van der Waals surface area contributed by atoms with Crippen LogP contribution in [0.15, 0.2) is 71.4 Å². The van der Waals surface area contributed by atoms with Gasteiger partial charge in [-0.3, -0.25) is 0 Å². The summed E-state index contributed by atoms with van der Waals surface area (Å²) < 4.78 is 0. The molecule has 2 aromatic rings. The van der Waals surface area contributed by atoms with E-state index in [0.717, 1.165) is 21.9 Å². The monoisotopic (exact) mass is 320 g/mol. The normalized spacial score (nSPS) is 13.6. The zero-order valence-electron chi connectivity index (χ0n) is 14.3. The largest absolute Gasteiger partial charge is 0.384 e. The summed E-state index contributed by atoms with van der Waals surface area (Å²) >= 11 is 0. The third-order valence-corrected chi connectivity index (χ3v) is 5.79. The van der Waals surface area contributed by atoms with E-state index in [2.05, 4.69) is 31.5 Å². The average Bonchev–Trinajstić information content (AvgIpc) is 2.54. The number of aliphatic hydroxyl groups is 1. The topological polar surface area (TPSA) is 20.2 Å². The number of benzene rings is 2. The van der Waals surface area contributed by atoms with Gasteiger partial charge in [0.2, 0.25) is 0 Å². The van der Waals surface area contributed by atoms with Crippen molar-refractivity contribution in [1.29, 1.82) is 0 Å². The maximum Gasteiger partial charge on any atom is 0.101 e. The molecule has 0 radical (unpaired) electrons. The van der Waals surface area contributed by atoms with Gasteiger partial charge in [-0.25, -0.2) is 0 Å². The van der Waals surface area contributed by atoms with Crippen LogP contribution in [-0.4, -0.2) is 13.2 Å². The number of hydrogen-bond acceptors (Lipinski definition) is 1. The van der Waals surface area contributed by atoms with E-state index in [0.29, 0.717) is 0 Å². The second-order valence-electron chi connectivity index (χ2n) is 6.74. The van der Waals surface area contributed by atoms with Crippen LogP contribution in [0.1, 0.15) is 24.2 Å². The van der Waals surface area contributed by atoms with Gasteiger partial charge < -0.3 is 5.11 Å². The molecule has 0 saturated carbocycles. The Morgan fingerprint density at radius 3 is 1.96 bits per heavy atom. The van der Waals surface area contributed by atoms with Gasteiger partial charge in [0, 0.05) is 5.56 Å². The quantitative estimate of drug-likeness (QED) is 0.625. The molecule has 2 aromatic carbocycles. The SMILES string of the molecule is C/C(=C(\C#Cc1ccccc1)[Si](C)(C)C)C(O)c1ccccc1. The third-order valence-electron chi connectivity index (χ3n) is 3.78. The minimum atomic E-state index is -1.65. The van der Waals surface area contributed by atoms with E-state index in [-0.39, 0.29) is 0 Å². The van der Waals surface area contributed by atoms with Crippen LogP contribution < -0.4 is 0 Å². The highest BCUT2D eigenvalue weighted by Gasteiger charge is 2.24. The van der Waals surface area contributed by atoms with E-state index in [1.807, 2.05) is 67.6 Å². The van der Waals surface area contributed by atoms with Crippen molar-refractivity contribution in [3.8, 4) is 11.8 Å². The van der Waals surface area contributed by atoms with E-state index in [1.165, 1.54) is 0 Å². The first-order valence-corrected chi connectivity index (χ1v) is 11.4. The van der Waals surface area contributed by atoms with Crippen LogP contribution in [0.4, 0.5) is 0 Å². The molecule has 2 rings (SSSR count). The molecule has 1 unspecified atom stereocenters. The van der Waals surface area contributed by atoms with Gasteiger partial charge in [0.1, 0.15) is 6.10 Å². The molecule has 0 heterocycles. The van der Waals surface area contributed by atoms with Crippen molar-refractivity contribution in [2.75, 3.05) is 0 Å². The van der Waals surface area contributed by atoms with Crippen molar-refractivity contribution in [2.24, 2.45) is 0 Å². The number of rotatable bonds is 3. The van der Waals surface area contributed by atoms with E-state index >= 15 is 0 Å². The molecule has 1 nitrogen and oxygen atoms in total. The first-order valence-electron chi connectivity index (χ1n) is 7.91. The second-order valence-corrected chi connectivity index (χ2v) is 11.7. The molecule has 0 aliphatic heterocycles. The molecule has 23 heavy (non-hydrogen) atoms. The fourth-order valence-corrected chi connectivity index (χ4v) is 4.31. The molecule has 1 N–H and O–H groups in total. The lowest BCUT2D eigenvalue weighted by molar-refractivity contribution is 0.215. The lowest BCUT2D eigenvalue weighted by Crippen LogP contribution is -2.25. The van der Waals surface area contributed by atoms with Crippen LogP contribution in [0.5, 0.6) is 0 Å². The smallest absolute Gasteiger partial charge is 0.101 e. The predicted octanol–water partition coefficient (Wildman–Crippen LogP) is 4.97. The van der Waals surface area contributed by atoms with E-state index in [1.54, 1.807) is 0 Å². The van der Waals surface area contributed by atoms with E-state index < -0.39 is 14.2 Å². The molecular weight excluding hydrogens is 296 g/mol. The van der Waals surface area contributed by atoms with Crippen molar-refractivity contribution in [1.82, 2.24) is 0 Å². The highest BCUT2D eigenvalue weighted by molar-refractivity contribution is 6.84. The minimum Gasteiger partial charge on any atom is -0.384 e. The summed E-state index contributed by atoms with van der Waals surface area (Å²) in [5.74, 6) is 6.61. The Hall–Kier alpha value is -2.08. The predicted molar refractivity (Wildman–Crippen MR) is 101 cm³/mol. The molecule has 0 aromatic heterocycles. The maximum atomic E-state index is 10.7. The van der Waals surface area contributed by atoms with Crippen molar-refractivity contribution in [2.45, 2.75) is 32.7 Å². The van der Waals surface area contributed by atoms with Gasteiger partial charge in [-0.05, 0) is 35.4 Å². The fraction of sp³-hybridized carbons (Fsp3) is 0.238. The van der Waals surface area contributed by atoms with Gasteiger partial charge in [0.05, 0.1) is 8.07 Å². The number of aliphatic hydroxyl groups excluding tert-OH is 1. The molecule has 0 aliphatic rings. The van der Waals surface area contributed by atoms with Crippen LogP contribution >= 0.6 is 0 Å². The van der Waals surface area contributed by atoms with Crippen LogP contribution in [0, 0.1) is 11.8 Å². The van der Waals surface area contributed by atoms with Crippen molar-refractivity contribution < 1.29 is 5.11 Å². The summed E-state index contributed by atoms with van der Waals surface area (Å²) in [5.41, 5.74) is 2.89. The minimum absolute atomic E-state index is 0.594. The molecule has 0 spiro atoms. The van der Waals surface area contributed by atoms with E-state index in [9.17, 15) is 5.11 Å². The standard InChI is InChI=1S/C21H24OSi/c1-17(21(22)19-13-9-6-10-14-19)20(23(2,3)4)16-15-18-11-7-5-8-12-18/h5-14,21-22H,1-4H3/b20-17-. The summed E-state index contributed by atoms with van der Waals surface area (Å²) in [7, 11) is -1.65. The molecule has 2 heteroatoms. The van der Waals surface area contributed by atoms with E-state index in [4.69, 9.17) is 0 Å². The number of hydrogen-bond donors (Lipinski definition) is 1. The molecular formula is C21H24OSi. The van der Waals surface area contributed by atoms with Gasteiger partial charge in [-0.15, -0.1) is 0 Å². The maximum absolute atomic E-state index is 10.7. The molecule has 0 bridgehead atoms. The van der Waals surface area contributed by atoms with Crippen LogP contribution in [0.3, 0.4) is 0 Å². The zero-order valence-corrected chi connectivity index (χ0v) is 15.3. The first-order chi connectivity index (χ1) is 10.9. The summed E-state index contributed by atoms with van der Waals surface area (Å²) in [4.78, 5) is 0. The van der Waals surface area contributed by atoms with Crippen LogP contribution in [0.2, 0.25) is 19.6 Å². The highest BCUT2D eigenvalue weighted by atomic mass is 28.3. The first kappa shape index (κ1) is 17.3. The van der Waals surface area contributed by atoms with Gasteiger partial charge in [-0.1, -0.05) is 80.0 Å². The van der Waals surface area contributed by atoms with Gasteiger partial charge in [0.15, 0.2) is 0 Å². The summed E-state index contributed by atoms with van der Waals surface area (Å²) in [5, 5.41) is 11.8. The Bertz CT molecular complexity index is 728. The van der Waals surface area contributed by atoms with Gasteiger partial charge in [0.25, 0.3) is 0 Å². The Kier molecular flexibility index (Phi) is 5.60. The average molecular weight is 321 g/mol. The zero-order chi connectivity index (χ0) is 16.9. The lowest BCUT2D eigenvalue weighted by atomic mass is 10.0. The Labute approximate surface area is 140 Å². The summed E-state index contributed by atoms with van der Waals surface area (Å²) in [6.07, 6.45) is -0.594. The van der Waals surface area contributed by atoms with Crippen molar-refractivity contribution >= 4 is 8.07 Å². The third kappa shape index (κ3) is 4.69. The van der Waals surface area contributed by atoms with Crippen LogP contribution in [-0.2, 0) is 0 Å². The molecule has 0 fully saturated rings. The fourth-order valence-electron chi connectivity index (χ4n) is 2.56. The Balaban J connectivity index is 2.44. The molecule has 0 saturated heterocycles. The summed E-state index contributed by atoms with van der Waals surface area (Å²) in [6, 6.07) is 19.8.